The van der Waals surface area contributed by atoms with Crippen LogP contribution in [-0.2, 0) is 4.74 Å². The zero-order chi connectivity index (χ0) is 17.1. The number of nitrogens with zero attached hydrogens (tertiary/aromatic N) is 3. The molecule has 0 aliphatic carbocycles. The lowest BCUT2D eigenvalue weighted by Gasteiger charge is -2.48. The Morgan fingerprint density at radius 1 is 1.28 bits per heavy atom. The first-order chi connectivity index (χ1) is 12.2. The van der Waals surface area contributed by atoms with Crippen molar-refractivity contribution in [3.8, 4) is 0 Å². The standard InChI is InChI=1S/C20H29N3O2/c24-19(18-3-1-8-21-13-18)23-9-2-5-20(16-23)6-10-22(11-7-20)14-17-4-12-25-15-17/h1,3,8,13,17H,2,4-7,9-12,14-16H2/t17-/m1/s1. The Balaban J connectivity index is 1.34. The molecule has 4 rings (SSSR count). The van der Waals surface area contributed by atoms with Crippen molar-refractivity contribution in [2.45, 2.75) is 32.1 Å². The SMILES string of the molecule is O=C(c1cccnc1)N1CCCC2(CCN(C[C@H]3CCOC3)CC2)C1. The molecule has 3 saturated heterocycles. The maximum absolute atomic E-state index is 12.8. The van der Waals surface area contributed by atoms with E-state index < -0.39 is 0 Å². The Labute approximate surface area is 150 Å². The average molecular weight is 343 g/mol. The van der Waals surface area contributed by atoms with Crippen LogP contribution in [-0.4, -0.2) is 66.6 Å². The van der Waals surface area contributed by atoms with Gasteiger partial charge < -0.3 is 14.5 Å². The molecule has 0 radical (unpaired) electrons. The van der Waals surface area contributed by atoms with Gasteiger partial charge >= 0.3 is 0 Å². The van der Waals surface area contributed by atoms with Crippen molar-refractivity contribution in [2.75, 3.05) is 45.9 Å². The second-order valence-electron chi connectivity index (χ2n) is 8.10. The van der Waals surface area contributed by atoms with Gasteiger partial charge in [-0.25, -0.2) is 0 Å². The summed E-state index contributed by atoms with van der Waals surface area (Å²) in [4.78, 5) is 21.6. The maximum Gasteiger partial charge on any atom is 0.255 e. The van der Waals surface area contributed by atoms with E-state index in [1.54, 1.807) is 12.4 Å². The van der Waals surface area contributed by atoms with Gasteiger partial charge in [0.15, 0.2) is 0 Å². The Morgan fingerprint density at radius 2 is 2.16 bits per heavy atom. The minimum Gasteiger partial charge on any atom is -0.381 e. The van der Waals surface area contributed by atoms with E-state index in [2.05, 4.69) is 14.8 Å². The molecule has 1 atom stereocenters. The lowest BCUT2D eigenvalue weighted by Crippen LogP contribution is -2.51. The summed E-state index contributed by atoms with van der Waals surface area (Å²) in [5.74, 6) is 0.877. The van der Waals surface area contributed by atoms with Crippen molar-refractivity contribution in [1.29, 1.82) is 0 Å². The highest BCUT2D eigenvalue weighted by Gasteiger charge is 2.40. The minimum atomic E-state index is 0.151. The molecule has 1 aromatic heterocycles. The van der Waals surface area contributed by atoms with Gasteiger partial charge in [-0.05, 0) is 68.7 Å². The predicted molar refractivity (Wildman–Crippen MR) is 96.4 cm³/mol. The number of aromatic nitrogens is 1. The zero-order valence-corrected chi connectivity index (χ0v) is 15.0. The van der Waals surface area contributed by atoms with Crippen LogP contribution in [0.15, 0.2) is 24.5 Å². The van der Waals surface area contributed by atoms with Crippen LogP contribution in [0.3, 0.4) is 0 Å². The van der Waals surface area contributed by atoms with Crippen LogP contribution in [0.4, 0.5) is 0 Å². The molecule has 5 heteroatoms. The Bertz CT molecular complexity index is 578. The Kier molecular flexibility index (Phi) is 5.04. The summed E-state index contributed by atoms with van der Waals surface area (Å²) in [5.41, 5.74) is 1.05. The van der Waals surface area contributed by atoms with Gasteiger partial charge in [-0.15, -0.1) is 0 Å². The number of rotatable bonds is 3. The van der Waals surface area contributed by atoms with Crippen molar-refractivity contribution in [1.82, 2.24) is 14.8 Å². The van der Waals surface area contributed by atoms with E-state index in [4.69, 9.17) is 4.74 Å². The van der Waals surface area contributed by atoms with E-state index >= 15 is 0 Å². The van der Waals surface area contributed by atoms with E-state index in [-0.39, 0.29) is 5.91 Å². The third-order valence-corrected chi connectivity index (χ3v) is 6.31. The number of amides is 1. The topological polar surface area (TPSA) is 45.7 Å². The molecule has 1 aromatic rings. The van der Waals surface area contributed by atoms with Gasteiger partial charge in [0.2, 0.25) is 0 Å². The largest absolute Gasteiger partial charge is 0.381 e. The molecule has 0 saturated carbocycles. The first-order valence-corrected chi connectivity index (χ1v) is 9.74. The summed E-state index contributed by atoms with van der Waals surface area (Å²) in [6.07, 6.45) is 9.46. The van der Waals surface area contributed by atoms with Crippen LogP contribution in [0.2, 0.25) is 0 Å². The van der Waals surface area contributed by atoms with Gasteiger partial charge in [-0.2, -0.15) is 0 Å². The summed E-state index contributed by atoms with van der Waals surface area (Å²) >= 11 is 0. The lowest BCUT2D eigenvalue weighted by atomic mass is 9.72. The smallest absolute Gasteiger partial charge is 0.255 e. The number of pyridine rings is 1. The predicted octanol–water partition coefficient (Wildman–Crippen LogP) is 2.44. The molecule has 0 unspecified atom stereocenters. The van der Waals surface area contributed by atoms with E-state index in [1.165, 1.54) is 45.3 Å². The minimum absolute atomic E-state index is 0.151. The van der Waals surface area contributed by atoms with Gasteiger partial charge in [-0.3, -0.25) is 9.78 Å². The number of ether oxygens (including phenoxy) is 1. The molecule has 0 bridgehead atoms. The fourth-order valence-electron chi connectivity index (χ4n) is 4.76. The van der Waals surface area contributed by atoms with Crippen LogP contribution in [0.25, 0.3) is 0 Å². The normalized spacial score (nSPS) is 26.9. The number of carbonyl (C=O) groups excluding carboxylic acids is 1. The van der Waals surface area contributed by atoms with E-state index in [0.29, 0.717) is 5.41 Å². The van der Waals surface area contributed by atoms with Crippen molar-refractivity contribution in [2.24, 2.45) is 11.3 Å². The average Bonchev–Trinajstić information content (AvgIpc) is 3.17. The highest BCUT2D eigenvalue weighted by atomic mass is 16.5. The molecule has 3 aliphatic rings. The monoisotopic (exact) mass is 343 g/mol. The van der Waals surface area contributed by atoms with Gasteiger partial charge in [0.1, 0.15) is 0 Å². The van der Waals surface area contributed by atoms with Crippen LogP contribution in [0.5, 0.6) is 0 Å². The number of carbonyl (C=O) groups is 1. The third kappa shape index (κ3) is 3.87. The Hall–Kier alpha value is -1.46. The Morgan fingerprint density at radius 3 is 2.88 bits per heavy atom. The molecule has 0 N–H and O–H groups in total. The highest BCUT2D eigenvalue weighted by molar-refractivity contribution is 5.93. The molecule has 25 heavy (non-hydrogen) atoms. The van der Waals surface area contributed by atoms with E-state index in [1.807, 2.05) is 12.1 Å². The summed E-state index contributed by atoms with van der Waals surface area (Å²) in [6.45, 7) is 7.22. The van der Waals surface area contributed by atoms with E-state index in [0.717, 1.165) is 44.2 Å². The van der Waals surface area contributed by atoms with Crippen LogP contribution >= 0.6 is 0 Å². The molecule has 136 valence electrons. The molecule has 1 spiro atoms. The second kappa shape index (κ2) is 7.42. The second-order valence-corrected chi connectivity index (χ2v) is 8.10. The molecule has 3 aliphatic heterocycles. The zero-order valence-electron chi connectivity index (χ0n) is 15.0. The molecule has 3 fully saturated rings. The van der Waals surface area contributed by atoms with Crippen molar-refractivity contribution >= 4 is 5.91 Å². The van der Waals surface area contributed by atoms with Crippen LogP contribution in [0.1, 0.15) is 42.5 Å². The molecule has 5 nitrogen and oxygen atoms in total. The van der Waals surface area contributed by atoms with Gasteiger partial charge in [0, 0.05) is 38.6 Å². The molecule has 1 amide bonds. The highest BCUT2D eigenvalue weighted by Crippen LogP contribution is 2.40. The molecule has 4 heterocycles. The summed E-state index contributed by atoms with van der Waals surface area (Å²) in [6, 6.07) is 3.72. The lowest BCUT2D eigenvalue weighted by molar-refractivity contribution is 0.0179. The van der Waals surface area contributed by atoms with Crippen LogP contribution in [0, 0.1) is 11.3 Å². The van der Waals surface area contributed by atoms with Crippen molar-refractivity contribution < 1.29 is 9.53 Å². The quantitative estimate of drug-likeness (QED) is 0.846. The first kappa shape index (κ1) is 17.0. The number of hydrogen-bond donors (Lipinski definition) is 0. The third-order valence-electron chi connectivity index (χ3n) is 6.31. The maximum atomic E-state index is 12.8. The summed E-state index contributed by atoms with van der Waals surface area (Å²) < 4.78 is 5.51. The molecule has 0 aromatic carbocycles. The van der Waals surface area contributed by atoms with Crippen molar-refractivity contribution in [3.63, 3.8) is 0 Å². The van der Waals surface area contributed by atoms with Gasteiger partial charge in [-0.1, -0.05) is 0 Å². The number of hydrogen-bond acceptors (Lipinski definition) is 4. The van der Waals surface area contributed by atoms with Crippen molar-refractivity contribution in [3.05, 3.63) is 30.1 Å². The summed E-state index contributed by atoms with van der Waals surface area (Å²) in [5, 5.41) is 0. The van der Waals surface area contributed by atoms with E-state index in [9.17, 15) is 4.79 Å². The molecular weight excluding hydrogens is 314 g/mol. The molecular formula is C20H29N3O2. The number of piperidine rings is 2. The fourth-order valence-corrected chi connectivity index (χ4v) is 4.76. The fraction of sp³-hybridized carbons (Fsp3) is 0.700. The number of likely N-dealkylation sites (tertiary alicyclic amines) is 2. The van der Waals surface area contributed by atoms with Gasteiger partial charge in [0.05, 0.1) is 12.2 Å². The van der Waals surface area contributed by atoms with Crippen LogP contribution < -0.4 is 0 Å². The first-order valence-electron chi connectivity index (χ1n) is 9.74. The summed E-state index contributed by atoms with van der Waals surface area (Å²) in [7, 11) is 0. The van der Waals surface area contributed by atoms with Gasteiger partial charge in [0.25, 0.3) is 5.91 Å².